The Morgan fingerprint density at radius 1 is 1.16 bits per heavy atom. The summed E-state index contributed by atoms with van der Waals surface area (Å²) in [5, 5.41) is 4.04. The first kappa shape index (κ1) is 23.7. The van der Waals surface area contributed by atoms with Gasteiger partial charge in [-0.1, -0.05) is 19.1 Å². The van der Waals surface area contributed by atoms with Gasteiger partial charge in [0.05, 0.1) is 30.4 Å². The molecule has 0 aliphatic rings. The van der Waals surface area contributed by atoms with E-state index in [2.05, 4.69) is 9.82 Å². The zero-order chi connectivity index (χ0) is 23.7. The minimum atomic E-state index is -4.97. The molecule has 0 fully saturated rings. The van der Waals surface area contributed by atoms with Crippen LogP contribution >= 0.6 is 0 Å². The number of nitrogens with zero attached hydrogens (tertiary/aromatic N) is 2. The van der Waals surface area contributed by atoms with Gasteiger partial charge in [0.25, 0.3) is 0 Å². The summed E-state index contributed by atoms with van der Waals surface area (Å²) in [5.41, 5.74) is -3.43. The molecule has 0 saturated heterocycles. The Morgan fingerprint density at radius 2 is 1.84 bits per heavy atom. The highest BCUT2D eigenvalue weighted by molar-refractivity contribution is 7.89. The number of halogens is 4. The number of alkyl halides is 3. The molecule has 0 bridgehead atoms. The molecule has 3 aromatic rings. The molecule has 2 aromatic carbocycles. The van der Waals surface area contributed by atoms with Gasteiger partial charge in [-0.3, -0.25) is 9.48 Å². The molecule has 1 aromatic heterocycles. The number of rotatable bonds is 7. The van der Waals surface area contributed by atoms with E-state index in [0.717, 1.165) is 16.8 Å². The van der Waals surface area contributed by atoms with Crippen molar-refractivity contribution in [3.63, 3.8) is 0 Å². The zero-order valence-electron chi connectivity index (χ0n) is 17.0. The number of methoxy groups -OCH3 is 1. The van der Waals surface area contributed by atoms with Gasteiger partial charge in [0.15, 0.2) is 0 Å². The topological polar surface area (TPSA) is 90.3 Å². The summed E-state index contributed by atoms with van der Waals surface area (Å²) >= 11 is 0. The van der Waals surface area contributed by atoms with Crippen molar-refractivity contribution in [1.82, 2.24) is 14.5 Å². The SMILES string of the molecule is CCNS(=O)(=O)CCn1nc(-c2cccc(C(F)(F)F)c2F)c(=O)c2cccc(OC)c21. The first-order chi connectivity index (χ1) is 15.0. The number of ether oxygens (including phenoxy) is 1. The number of nitrogens with one attached hydrogen (secondary N) is 1. The van der Waals surface area contributed by atoms with Gasteiger partial charge >= 0.3 is 6.18 Å². The summed E-state index contributed by atoms with van der Waals surface area (Å²) in [6.45, 7) is 1.49. The minimum Gasteiger partial charge on any atom is -0.494 e. The Kier molecular flexibility index (Phi) is 6.56. The van der Waals surface area contributed by atoms with Gasteiger partial charge in [0, 0.05) is 12.1 Å². The lowest BCUT2D eigenvalue weighted by Gasteiger charge is -2.16. The van der Waals surface area contributed by atoms with Crippen molar-refractivity contribution >= 4 is 20.9 Å². The first-order valence-electron chi connectivity index (χ1n) is 9.41. The van der Waals surface area contributed by atoms with E-state index in [-0.39, 0.29) is 29.7 Å². The van der Waals surface area contributed by atoms with Crippen molar-refractivity contribution in [3.05, 3.63) is 58.0 Å². The average molecular weight is 473 g/mol. The van der Waals surface area contributed by atoms with Gasteiger partial charge in [0.1, 0.15) is 22.8 Å². The van der Waals surface area contributed by atoms with Gasteiger partial charge in [-0.15, -0.1) is 0 Å². The number of fused-ring (bicyclic) bond motifs is 1. The Hall–Kier alpha value is -2.99. The number of aryl methyl sites for hydroxylation is 1. The molecule has 1 N–H and O–H groups in total. The standard InChI is InChI=1S/C20H19F4N3O4S/c1-3-25-32(29,30)11-10-27-18-13(7-5-9-15(18)31-2)19(28)17(26-27)12-6-4-8-14(16(12)21)20(22,23)24/h4-9,25H,3,10-11H2,1-2H3. The van der Waals surface area contributed by atoms with Crippen LogP contribution in [0.5, 0.6) is 5.75 Å². The largest absolute Gasteiger partial charge is 0.494 e. The summed E-state index contributed by atoms with van der Waals surface area (Å²) in [6.07, 6.45) is -4.97. The van der Waals surface area contributed by atoms with Crippen LogP contribution in [-0.4, -0.2) is 37.6 Å². The molecular weight excluding hydrogens is 454 g/mol. The van der Waals surface area contributed by atoms with Crippen LogP contribution in [0.25, 0.3) is 22.2 Å². The van der Waals surface area contributed by atoms with Gasteiger partial charge in [-0.25, -0.2) is 17.5 Å². The maximum absolute atomic E-state index is 14.7. The molecule has 0 amide bonds. The van der Waals surface area contributed by atoms with Crippen molar-refractivity contribution < 1.29 is 30.7 Å². The van der Waals surface area contributed by atoms with E-state index in [1.807, 2.05) is 0 Å². The molecule has 12 heteroatoms. The van der Waals surface area contributed by atoms with E-state index >= 15 is 0 Å². The maximum atomic E-state index is 14.7. The molecule has 32 heavy (non-hydrogen) atoms. The molecule has 0 radical (unpaired) electrons. The number of hydrogen-bond donors (Lipinski definition) is 1. The summed E-state index contributed by atoms with van der Waals surface area (Å²) in [6, 6.07) is 6.92. The van der Waals surface area contributed by atoms with Gasteiger partial charge in [-0.2, -0.15) is 18.3 Å². The lowest BCUT2D eigenvalue weighted by molar-refractivity contribution is -0.139. The smallest absolute Gasteiger partial charge is 0.419 e. The molecule has 0 unspecified atom stereocenters. The third kappa shape index (κ3) is 4.60. The number of aromatic nitrogens is 2. The summed E-state index contributed by atoms with van der Waals surface area (Å²) in [5.74, 6) is -1.88. The average Bonchev–Trinajstić information content (AvgIpc) is 2.72. The van der Waals surface area contributed by atoms with E-state index in [1.54, 1.807) is 6.92 Å². The number of sulfonamides is 1. The predicted molar refractivity (Wildman–Crippen MR) is 110 cm³/mol. The number of para-hydroxylation sites is 1. The highest BCUT2D eigenvalue weighted by atomic mass is 32.2. The lowest BCUT2D eigenvalue weighted by Crippen LogP contribution is -2.29. The highest BCUT2D eigenvalue weighted by Gasteiger charge is 2.35. The Labute approximate surface area is 180 Å². The second kappa shape index (κ2) is 8.87. The van der Waals surface area contributed by atoms with E-state index in [4.69, 9.17) is 4.74 Å². The molecule has 0 saturated carbocycles. The number of hydrogen-bond acceptors (Lipinski definition) is 5. The van der Waals surface area contributed by atoms with Crippen molar-refractivity contribution in [2.75, 3.05) is 19.4 Å². The van der Waals surface area contributed by atoms with Gasteiger partial charge in [0.2, 0.25) is 15.5 Å². The van der Waals surface area contributed by atoms with Crippen LogP contribution in [-0.2, 0) is 22.7 Å². The minimum absolute atomic E-state index is 0.00740. The monoisotopic (exact) mass is 473 g/mol. The molecule has 0 aliphatic heterocycles. The number of benzene rings is 2. The van der Waals surface area contributed by atoms with Crippen LogP contribution in [0.1, 0.15) is 12.5 Å². The molecule has 0 atom stereocenters. The second-order valence-corrected chi connectivity index (χ2v) is 8.67. The van der Waals surface area contributed by atoms with E-state index < -0.39 is 50.0 Å². The lowest BCUT2D eigenvalue weighted by atomic mass is 10.0. The van der Waals surface area contributed by atoms with Crippen LogP contribution in [0.4, 0.5) is 17.6 Å². The van der Waals surface area contributed by atoms with Crippen molar-refractivity contribution in [3.8, 4) is 17.0 Å². The molecule has 3 rings (SSSR count). The van der Waals surface area contributed by atoms with Crippen molar-refractivity contribution in [2.24, 2.45) is 0 Å². The highest BCUT2D eigenvalue weighted by Crippen LogP contribution is 2.35. The summed E-state index contributed by atoms with van der Waals surface area (Å²) in [4.78, 5) is 13.1. The predicted octanol–water partition coefficient (Wildman–Crippen LogP) is 3.17. The summed E-state index contributed by atoms with van der Waals surface area (Å²) < 4.78 is 87.1. The zero-order valence-corrected chi connectivity index (χ0v) is 17.8. The molecule has 1 heterocycles. The fourth-order valence-electron chi connectivity index (χ4n) is 3.25. The van der Waals surface area contributed by atoms with Crippen LogP contribution in [0.2, 0.25) is 0 Å². The molecular formula is C20H19F4N3O4S. The van der Waals surface area contributed by atoms with Gasteiger partial charge < -0.3 is 4.74 Å². The van der Waals surface area contributed by atoms with E-state index in [1.165, 1.54) is 25.3 Å². The molecule has 0 aliphatic carbocycles. The third-order valence-electron chi connectivity index (χ3n) is 4.65. The van der Waals surface area contributed by atoms with Crippen LogP contribution in [0.3, 0.4) is 0 Å². The second-order valence-electron chi connectivity index (χ2n) is 6.74. The third-order valence-corrected chi connectivity index (χ3v) is 6.10. The van der Waals surface area contributed by atoms with Crippen molar-refractivity contribution in [1.29, 1.82) is 0 Å². The molecule has 7 nitrogen and oxygen atoms in total. The molecule has 172 valence electrons. The van der Waals surface area contributed by atoms with Crippen LogP contribution in [0, 0.1) is 5.82 Å². The van der Waals surface area contributed by atoms with Crippen molar-refractivity contribution in [2.45, 2.75) is 19.6 Å². The Balaban J connectivity index is 2.29. The Morgan fingerprint density at radius 3 is 2.47 bits per heavy atom. The Bertz CT molecular complexity index is 1320. The quantitative estimate of drug-likeness (QED) is 0.533. The maximum Gasteiger partial charge on any atom is 0.419 e. The fraction of sp³-hybridized carbons (Fsp3) is 0.300. The normalized spacial score (nSPS) is 12.3. The first-order valence-corrected chi connectivity index (χ1v) is 11.1. The van der Waals surface area contributed by atoms with Crippen LogP contribution in [0.15, 0.2) is 41.2 Å². The van der Waals surface area contributed by atoms with Gasteiger partial charge in [-0.05, 0) is 24.3 Å². The fourth-order valence-corrected chi connectivity index (χ4v) is 4.25. The molecule has 0 spiro atoms. The van der Waals surface area contributed by atoms with E-state index in [9.17, 15) is 30.8 Å². The van der Waals surface area contributed by atoms with Crippen LogP contribution < -0.4 is 14.9 Å². The van der Waals surface area contributed by atoms with E-state index in [0.29, 0.717) is 6.07 Å². The summed E-state index contributed by atoms with van der Waals surface area (Å²) in [7, 11) is -2.36.